The second kappa shape index (κ2) is 5.08. The number of para-hydroxylation sites is 1. The molecular weight excluding hydrogens is 260 g/mol. The lowest BCUT2D eigenvalue weighted by molar-refractivity contribution is 1.13. The average Bonchev–Trinajstić information content (AvgIpc) is 2.83. The lowest BCUT2D eigenvalue weighted by Crippen LogP contribution is -1.85. The number of fused-ring (bicyclic) bond motifs is 1. The molecule has 0 N–H and O–H groups in total. The van der Waals surface area contributed by atoms with Crippen molar-refractivity contribution in [2.45, 2.75) is 11.9 Å². The molecule has 0 bridgehead atoms. The molecular formula is C14H12N2S2. The van der Waals surface area contributed by atoms with E-state index in [2.05, 4.69) is 36.2 Å². The van der Waals surface area contributed by atoms with Gasteiger partial charge in [0.2, 0.25) is 0 Å². The number of nitrogens with zero attached hydrogens (tertiary/aromatic N) is 2. The van der Waals surface area contributed by atoms with Crippen molar-refractivity contribution >= 4 is 33.3 Å². The summed E-state index contributed by atoms with van der Waals surface area (Å²) < 4.78 is 1.23. The van der Waals surface area contributed by atoms with Gasteiger partial charge in [0.15, 0.2) is 0 Å². The third-order valence-electron chi connectivity index (χ3n) is 2.58. The van der Waals surface area contributed by atoms with Crippen molar-refractivity contribution in [1.82, 2.24) is 9.97 Å². The summed E-state index contributed by atoms with van der Waals surface area (Å²) in [5.41, 5.74) is 2.21. The zero-order valence-electron chi connectivity index (χ0n) is 9.96. The molecule has 3 aromatic rings. The Morgan fingerprint density at radius 2 is 2.06 bits per heavy atom. The van der Waals surface area contributed by atoms with Crippen molar-refractivity contribution in [3.05, 3.63) is 42.6 Å². The largest absolute Gasteiger partial charge is 0.249 e. The summed E-state index contributed by atoms with van der Waals surface area (Å²) in [6.45, 7) is 2.14. The molecule has 0 saturated heterocycles. The van der Waals surface area contributed by atoms with Gasteiger partial charge in [-0.25, -0.2) is 9.97 Å². The minimum atomic E-state index is 1.02. The second-order valence-electron chi connectivity index (χ2n) is 3.78. The highest BCUT2D eigenvalue weighted by molar-refractivity contribution is 7.99. The molecule has 0 spiro atoms. The maximum Gasteiger partial charge on any atom is 0.127 e. The third-order valence-corrected chi connectivity index (χ3v) is 4.53. The van der Waals surface area contributed by atoms with E-state index in [4.69, 9.17) is 4.98 Å². The molecule has 0 unspecified atom stereocenters. The summed E-state index contributed by atoms with van der Waals surface area (Å²) in [4.78, 5) is 9.14. The number of pyridine rings is 1. The number of thiazole rings is 1. The Morgan fingerprint density at radius 1 is 1.17 bits per heavy atom. The lowest BCUT2D eigenvalue weighted by Gasteiger charge is -2.02. The summed E-state index contributed by atoms with van der Waals surface area (Å²) in [6, 6.07) is 12.3. The predicted octanol–water partition coefficient (Wildman–Crippen LogP) is 4.47. The summed E-state index contributed by atoms with van der Waals surface area (Å²) >= 11 is 3.49. The van der Waals surface area contributed by atoms with E-state index in [1.165, 1.54) is 4.70 Å². The molecule has 90 valence electrons. The van der Waals surface area contributed by atoms with Crippen molar-refractivity contribution in [2.75, 3.05) is 5.75 Å². The molecule has 0 aliphatic heterocycles. The molecule has 0 aliphatic carbocycles. The first-order chi connectivity index (χ1) is 8.88. The van der Waals surface area contributed by atoms with Gasteiger partial charge in [0, 0.05) is 11.8 Å². The monoisotopic (exact) mass is 272 g/mol. The van der Waals surface area contributed by atoms with E-state index in [9.17, 15) is 0 Å². The summed E-state index contributed by atoms with van der Waals surface area (Å²) in [5, 5.41) is 2.12. The van der Waals surface area contributed by atoms with Gasteiger partial charge in [0.25, 0.3) is 0 Å². The Hall–Kier alpha value is -1.39. The first-order valence-electron chi connectivity index (χ1n) is 5.82. The van der Waals surface area contributed by atoms with E-state index >= 15 is 0 Å². The van der Waals surface area contributed by atoms with Crippen LogP contribution in [0.15, 0.2) is 47.6 Å². The van der Waals surface area contributed by atoms with Crippen LogP contribution in [0.1, 0.15) is 6.92 Å². The molecule has 0 radical (unpaired) electrons. The fourth-order valence-electron chi connectivity index (χ4n) is 1.79. The van der Waals surface area contributed by atoms with E-state index in [0.717, 1.165) is 26.9 Å². The molecule has 2 nitrogen and oxygen atoms in total. The third kappa shape index (κ3) is 2.13. The zero-order chi connectivity index (χ0) is 12.4. The van der Waals surface area contributed by atoms with Crippen LogP contribution in [-0.2, 0) is 0 Å². The number of benzene rings is 1. The first-order valence-corrected chi connectivity index (χ1v) is 7.62. The van der Waals surface area contributed by atoms with Gasteiger partial charge in [-0.3, -0.25) is 0 Å². The summed E-state index contributed by atoms with van der Waals surface area (Å²) in [7, 11) is 0. The van der Waals surface area contributed by atoms with Crippen LogP contribution >= 0.6 is 23.1 Å². The molecule has 0 fully saturated rings. The van der Waals surface area contributed by atoms with Crippen LogP contribution in [0, 0.1) is 0 Å². The highest BCUT2D eigenvalue weighted by atomic mass is 32.2. The normalized spacial score (nSPS) is 10.9. The van der Waals surface area contributed by atoms with Crippen LogP contribution in [0.4, 0.5) is 0 Å². The Balaban J connectivity index is 2.13. The van der Waals surface area contributed by atoms with E-state index < -0.39 is 0 Å². The van der Waals surface area contributed by atoms with Crippen molar-refractivity contribution in [2.24, 2.45) is 0 Å². The highest BCUT2D eigenvalue weighted by Gasteiger charge is 2.10. The highest BCUT2D eigenvalue weighted by Crippen LogP contribution is 2.34. The van der Waals surface area contributed by atoms with Gasteiger partial charge in [-0.15, -0.1) is 23.1 Å². The average molecular weight is 272 g/mol. The minimum Gasteiger partial charge on any atom is -0.249 e. The van der Waals surface area contributed by atoms with E-state index in [-0.39, 0.29) is 0 Å². The smallest absolute Gasteiger partial charge is 0.127 e. The topological polar surface area (TPSA) is 25.8 Å². The maximum absolute atomic E-state index is 4.69. The zero-order valence-corrected chi connectivity index (χ0v) is 11.6. The van der Waals surface area contributed by atoms with Gasteiger partial charge in [0.1, 0.15) is 10.0 Å². The summed E-state index contributed by atoms with van der Waals surface area (Å²) in [6.07, 6.45) is 1.84. The fourth-order valence-corrected chi connectivity index (χ4v) is 3.58. The van der Waals surface area contributed by atoms with Crippen LogP contribution in [0.3, 0.4) is 0 Å². The van der Waals surface area contributed by atoms with Crippen molar-refractivity contribution in [3.8, 4) is 10.6 Å². The molecule has 4 heteroatoms. The van der Waals surface area contributed by atoms with Crippen LogP contribution < -0.4 is 0 Å². The van der Waals surface area contributed by atoms with Gasteiger partial charge in [-0.1, -0.05) is 19.1 Å². The molecule has 1 aromatic carbocycles. The van der Waals surface area contributed by atoms with Crippen molar-refractivity contribution in [1.29, 1.82) is 0 Å². The van der Waals surface area contributed by atoms with Crippen LogP contribution in [0.2, 0.25) is 0 Å². The Morgan fingerprint density at radius 3 is 2.89 bits per heavy atom. The quantitative estimate of drug-likeness (QED) is 0.658. The van der Waals surface area contributed by atoms with Crippen molar-refractivity contribution < 1.29 is 0 Å². The van der Waals surface area contributed by atoms with Crippen LogP contribution in [0.5, 0.6) is 0 Å². The molecule has 0 atom stereocenters. The minimum absolute atomic E-state index is 1.02. The molecule has 18 heavy (non-hydrogen) atoms. The molecule has 0 aliphatic rings. The Kier molecular flexibility index (Phi) is 3.30. The number of hydrogen-bond acceptors (Lipinski definition) is 4. The second-order valence-corrected chi connectivity index (χ2v) is 6.06. The van der Waals surface area contributed by atoms with E-state index in [1.807, 2.05) is 18.3 Å². The van der Waals surface area contributed by atoms with Crippen molar-refractivity contribution in [3.63, 3.8) is 0 Å². The number of thioether (sulfide) groups is 1. The standard InChI is InChI=1S/C14H12N2S2/c1-2-17-13-10(6-5-9-15-13)14-16-11-7-3-4-8-12(11)18-14/h3-9H,2H2,1H3. The van der Waals surface area contributed by atoms with Crippen LogP contribution in [0.25, 0.3) is 20.8 Å². The number of hydrogen-bond donors (Lipinski definition) is 0. The lowest BCUT2D eigenvalue weighted by atomic mass is 10.3. The van der Waals surface area contributed by atoms with Gasteiger partial charge in [0.05, 0.1) is 10.2 Å². The van der Waals surface area contributed by atoms with E-state index in [0.29, 0.717) is 0 Å². The number of aromatic nitrogens is 2. The molecule has 2 heterocycles. The molecule has 0 saturated carbocycles. The SMILES string of the molecule is CCSc1ncccc1-c1nc2ccccc2s1. The first kappa shape index (κ1) is 11.7. The maximum atomic E-state index is 4.69. The van der Waals surface area contributed by atoms with Gasteiger partial charge in [-0.2, -0.15) is 0 Å². The van der Waals surface area contributed by atoms with Gasteiger partial charge < -0.3 is 0 Å². The van der Waals surface area contributed by atoms with E-state index in [1.54, 1.807) is 23.1 Å². The van der Waals surface area contributed by atoms with Gasteiger partial charge >= 0.3 is 0 Å². The summed E-state index contributed by atoms with van der Waals surface area (Å²) in [5.74, 6) is 1.02. The molecule has 2 aromatic heterocycles. The fraction of sp³-hybridized carbons (Fsp3) is 0.143. The Bertz CT molecular complexity index is 643. The Labute approximate surface area is 114 Å². The van der Waals surface area contributed by atoms with Gasteiger partial charge in [-0.05, 0) is 30.0 Å². The number of rotatable bonds is 3. The predicted molar refractivity (Wildman–Crippen MR) is 79.2 cm³/mol. The molecule has 3 rings (SSSR count). The molecule has 0 amide bonds. The van der Waals surface area contributed by atoms with Crippen LogP contribution in [-0.4, -0.2) is 15.7 Å².